The normalized spacial score (nSPS) is 10.5. The zero-order chi connectivity index (χ0) is 14.2. The molecule has 0 aliphatic heterocycles. The number of pyridine rings is 1. The summed E-state index contributed by atoms with van der Waals surface area (Å²) in [7, 11) is 1.68. The average molecular weight is 288 g/mol. The van der Waals surface area contributed by atoms with E-state index in [-0.39, 0.29) is 0 Å². The molecule has 1 N–H and O–H groups in total. The number of hydrogen-bond donors (Lipinski definition) is 1. The van der Waals surface area contributed by atoms with Crippen molar-refractivity contribution < 1.29 is 4.74 Å². The predicted octanol–water partition coefficient (Wildman–Crippen LogP) is 3.74. The van der Waals surface area contributed by atoms with Crippen molar-refractivity contribution in [2.24, 2.45) is 0 Å². The fourth-order valence-corrected chi connectivity index (χ4v) is 2.51. The Labute approximate surface area is 124 Å². The van der Waals surface area contributed by atoms with Crippen LogP contribution in [0.5, 0.6) is 5.75 Å². The summed E-state index contributed by atoms with van der Waals surface area (Å²) in [4.78, 5) is 5.65. The number of nitrogens with zero attached hydrogens (tertiary/aromatic N) is 1. The van der Waals surface area contributed by atoms with Gasteiger partial charge in [-0.05, 0) is 48.9 Å². The van der Waals surface area contributed by atoms with Gasteiger partial charge >= 0.3 is 0 Å². The van der Waals surface area contributed by atoms with Gasteiger partial charge < -0.3 is 10.1 Å². The highest BCUT2D eigenvalue weighted by Gasteiger charge is 2.00. The lowest BCUT2D eigenvalue weighted by Gasteiger charge is -2.05. The second-order valence-electron chi connectivity index (χ2n) is 4.46. The van der Waals surface area contributed by atoms with Crippen molar-refractivity contribution in [3.05, 3.63) is 48.2 Å². The summed E-state index contributed by atoms with van der Waals surface area (Å²) in [6, 6.07) is 12.2. The van der Waals surface area contributed by atoms with Crippen LogP contribution >= 0.6 is 11.8 Å². The van der Waals surface area contributed by atoms with Crippen LogP contribution in [-0.2, 0) is 6.54 Å². The van der Waals surface area contributed by atoms with Crippen molar-refractivity contribution >= 4 is 11.8 Å². The molecule has 0 fully saturated rings. The Morgan fingerprint density at radius 2 is 1.95 bits per heavy atom. The number of ether oxygens (including phenoxy) is 1. The third-order valence-corrected chi connectivity index (χ3v) is 3.79. The predicted molar refractivity (Wildman–Crippen MR) is 83.4 cm³/mol. The van der Waals surface area contributed by atoms with Crippen molar-refractivity contribution in [3.63, 3.8) is 0 Å². The van der Waals surface area contributed by atoms with Crippen LogP contribution in [0.15, 0.2) is 52.5 Å². The minimum absolute atomic E-state index is 0.875. The van der Waals surface area contributed by atoms with Gasteiger partial charge in [-0.2, -0.15) is 0 Å². The average Bonchev–Trinajstić information content (AvgIpc) is 2.50. The number of benzene rings is 1. The Kier molecular flexibility index (Phi) is 5.89. The largest absolute Gasteiger partial charge is 0.497 e. The van der Waals surface area contributed by atoms with Crippen molar-refractivity contribution in [3.8, 4) is 5.75 Å². The molecule has 20 heavy (non-hydrogen) atoms. The number of methoxy groups -OCH3 is 1. The lowest BCUT2D eigenvalue weighted by molar-refractivity contribution is 0.414. The van der Waals surface area contributed by atoms with Gasteiger partial charge in [-0.25, -0.2) is 4.98 Å². The van der Waals surface area contributed by atoms with E-state index in [1.54, 1.807) is 18.9 Å². The first kappa shape index (κ1) is 14.9. The fourth-order valence-electron chi connectivity index (χ4n) is 1.75. The zero-order valence-corrected chi connectivity index (χ0v) is 12.7. The molecule has 0 radical (unpaired) electrons. The molecule has 0 spiro atoms. The van der Waals surface area contributed by atoms with Crippen LogP contribution in [0.3, 0.4) is 0 Å². The summed E-state index contributed by atoms with van der Waals surface area (Å²) in [5, 5.41) is 4.38. The number of aromatic nitrogens is 1. The Morgan fingerprint density at radius 3 is 2.55 bits per heavy atom. The number of hydrogen-bond acceptors (Lipinski definition) is 4. The topological polar surface area (TPSA) is 34.1 Å². The van der Waals surface area contributed by atoms with Gasteiger partial charge in [-0.3, -0.25) is 0 Å². The van der Waals surface area contributed by atoms with E-state index in [1.807, 2.05) is 30.5 Å². The van der Waals surface area contributed by atoms with Crippen molar-refractivity contribution in [2.45, 2.75) is 29.8 Å². The third kappa shape index (κ3) is 4.54. The quantitative estimate of drug-likeness (QED) is 0.787. The molecular formula is C16H20N2OS. The molecule has 1 aromatic carbocycles. The Morgan fingerprint density at radius 1 is 1.15 bits per heavy atom. The highest BCUT2D eigenvalue weighted by Crippen LogP contribution is 2.27. The lowest BCUT2D eigenvalue weighted by Crippen LogP contribution is -2.13. The van der Waals surface area contributed by atoms with Crippen LogP contribution in [0.1, 0.15) is 18.9 Å². The van der Waals surface area contributed by atoms with Gasteiger partial charge in [0.1, 0.15) is 10.8 Å². The van der Waals surface area contributed by atoms with Gasteiger partial charge in [0.05, 0.1) is 7.11 Å². The van der Waals surface area contributed by atoms with Gasteiger partial charge in [0.2, 0.25) is 0 Å². The monoisotopic (exact) mass is 288 g/mol. The molecule has 3 nitrogen and oxygen atoms in total. The van der Waals surface area contributed by atoms with Gasteiger partial charge in [-0.15, -0.1) is 0 Å². The molecule has 0 amide bonds. The van der Waals surface area contributed by atoms with Gasteiger partial charge in [-0.1, -0.05) is 24.8 Å². The lowest BCUT2D eigenvalue weighted by atomic mass is 10.3. The summed E-state index contributed by atoms with van der Waals surface area (Å²) in [5.41, 5.74) is 1.22. The van der Waals surface area contributed by atoms with Gasteiger partial charge in [0.15, 0.2) is 0 Å². The summed E-state index contributed by atoms with van der Waals surface area (Å²) >= 11 is 1.66. The van der Waals surface area contributed by atoms with Crippen LogP contribution in [0, 0.1) is 0 Å². The smallest absolute Gasteiger partial charge is 0.118 e. The number of rotatable bonds is 7. The molecule has 0 atom stereocenters. The standard InChI is InChI=1S/C16H20N2OS/c1-3-10-17-11-13-4-9-16(18-12-13)20-15-7-5-14(19-2)6-8-15/h4-9,12,17H,3,10-11H2,1-2H3. The molecule has 0 bridgehead atoms. The van der Waals surface area contributed by atoms with Crippen molar-refractivity contribution in [2.75, 3.05) is 13.7 Å². The number of nitrogens with one attached hydrogen (secondary N) is 1. The van der Waals surface area contributed by atoms with Crippen LogP contribution in [-0.4, -0.2) is 18.6 Å². The SMILES string of the molecule is CCCNCc1ccc(Sc2ccc(OC)cc2)nc1. The summed E-state index contributed by atoms with van der Waals surface area (Å²) in [6.07, 6.45) is 3.09. The molecule has 4 heteroatoms. The van der Waals surface area contributed by atoms with E-state index in [9.17, 15) is 0 Å². The highest BCUT2D eigenvalue weighted by molar-refractivity contribution is 7.99. The zero-order valence-electron chi connectivity index (χ0n) is 11.9. The van der Waals surface area contributed by atoms with E-state index in [4.69, 9.17) is 4.74 Å². The molecule has 2 aromatic rings. The molecule has 0 aliphatic carbocycles. The molecule has 0 aliphatic rings. The van der Waals surface area contributed by atoms with E-state index in [0.717, 1.165) is 35.2 Å². The Balaban J connectivity index is 1.92. The van der Waals surface area contributed by atoms with Gasteiger partial charge in [0, 0.05) is 17.6 Å². The first-order valence-electron chi connectivity index (χ1n) is 6.79. The van der Waals surface area contributed by atoms with E-state index in [0.29, 0.717) is 0 Å². The second-order valence-corrected chi connectivity index (χ2v) is 5.55. The van der Waals surface area contributed by atoms with Crippen LogP contribution in [0.2, 0.25) is 0 Å². The van der Waals surface area contributed by atoms with E-state index in [1.165, 1.54) is 5.56 Å². The molecular weight excluding hydrogens is 268 g/mol. The summed E-state index contributed by atoms with van der Waals surface area (Å²) in [6.45, 7) is 4.09. The minimum Gasteiger partial charge on any atom is -0.497 e. The van der Waals surface area contributed by atoms with Crippen molar-refractivity contribution in [1.82, 2.24) is 10.3 Å². The molecule has 106 valence electrons. The Hall–Kier alpha value is -1.52. The molecule has 0 unspecified atom stereocenters. The molecule has 1 aromatic heterocycles. The maximum atomic E-state index is 5.15. The van der Waals surface area contributed by atoms with E-state index < -0.39 is 0 Å². The molecule has 0 saturated heterocycles. The molecule has 1 heterocycles. The summed E-state index contributed by atoms with van der Waals surface area (Å²) in [5.74, 6) is 0.875. The van der Waals surface area contributed by atoms with E-state index >= 15 is 0 Å². The minimum atomic E-state index is 0.875. The maximum Gasteiger partial charge on any atom is 0.118 e. The first-order chi connectivity index (χ1) is 9.81. The third-order valence-electron chi connectivity index (χ3n) is 2.84. The summed E-state index contributed by atoms with van der Waals surface area (Å²) < 4.78 is 5.15. The van der Waals surface area contributed by atoms with Crippen LogP contribution < -0.4 is 10.1 Å². The second kappa shape index (κ2) is 7.92. The van der Waals surface area contributed by atoms with Crippen molar-refractivity contribution in [1.29, 1.82) is 0 Å². The molecule has 0 saturated carbocycles. The van der Waals surface area contributed by atoms with Crippen LogP contribution in [0.25, 0.3) is 0 Å². The molecule has 2 rings (SSSR count). The van der Waals surface area contributed by atoms with Crippen LogP contribution in [0.4, 0.5) is 0 Å². The van der Waals surface area contributed by atoms with Gasteiger partial charge in [0.25, 0.3) is 0 Å². The highest BCUT2D eigenvalue weighted by atomic mass is 32.2. The fraction of sp³-hybridized carbons (Fsp3) is 0.312. The maximum absolute atomic E-state index is 5.15. The first-order valence-corrected chi connectivity index (χ1v) is 7.61. The van der Waals surface area contributed by atoms with E-state index in [2.05, 4.69) is 29.4 Å². The Bertz CT molecular complexity index is 511.